The standard InChI is InChI=1S/C17H22N4/c1-12-5-3-7-17(20-12)21-15-9-13(2)19-16(10-15)14-6-4-8-18-11-14/h3,5,7,9-10,14,18H,4,6,8,11H2,1-2H3,(H,19,20,21). The lowest BCUT2D eigenvalue weighted by Gasteiger charge is -2.23. The molecule has 1 aliphatic heterocycles. The quantitative estimate of drug-likeness (QED) is 0.907. The summed E-state index contributed by atoms with van der Waals surface area (Å²) in [4.78, 5) is 9.21. The Bertz CT molecular complexity index is 618. The third kappa shape index (κ3) is 3.58. The van der Waals surface area contributed by atoms with Crippen molar-refractivity contribution in [3.63, 3.8) is 0 Å². The zero-order valence-corrected chi connectivity index (χ0v) is 12.7. The lowest BCUT2D eigenvalue weighted by Crippen LogP contribution is -2.28. The van der Waals surface area contributed by atoms with Crippen molar-refractivity contribution in [3.05, 3.63) is 47.4 Å². The van der Waals surface area contributed by atoms with Crippen LogP contribution in [-0.4, -0.2) is 23.1 Å². The van der Waals surface area contributed by atoms with Crippen LogP contribution >= 0.6 is 0 Å². The number of pyridine rings is 2. The Labute approximate surface area is 126 Å². The number of anilines is 2. The second-order valence-electron chi connectivity index (χ2n) is 5.75. The zero-order valence-electron chi connectivity index (χ0n) is 12.7. The van der Waals surface area contributed by atoms with Gasteiger partial charge in [0.1, 0.15) is 5.82 Å². The van der Waals surface area contributed by atoms with Gasteiger partial charge in [0.25, 0.3) is 0 Å². The van der Waals surface area contributed by atoms with Gasteiger partial charge in [0, 0.05) is 35.2 Å². The highest BCUT2D eigenvalue weighted by atomic mass is 15.0. The smallest absolute Gasteiger partial charge is 0.130 e. The van der Waals surface area contributed by atoms with E-state index in [0.717, 1.165) is 36.0 Å². The molecule has 21 heavy (non-hydrogen) atoms. The van der Waals surface area contributed by atoms with Gasteiger partial charge >= 0.3 is 0 Å². The minimum absolute atomic E-state index is 0.518. The highest BCUT2D eigenvalue weighted by molar-refractivity contribution is 5.57. The van der Waals surface area contributed by atoms with Gasteiger partial charge in [0.2, 0.25) is 0 Å². The van der Waals surface area contributed by atoms with E-state index in [4.69, 9.17) is 4.98 Å². The van der Waals surface area contributed by atoms with E-state index in [0.29, 0.717) is 5.92 Å². The van der Waals surface area contributed by atoms with Crippen molar-refractivity contribution in [2.24, 2.45) is 0 Å². The summed E-state index contributed by atoms with van der Waals surface area (Å²) in [7, 11) is 0. The molecule has 2 aromatic heterocycles. The number of piperidine rings is 1. The summed E-state index contributed by atoms with van der Waals surface area (Å²) in [6.45, 7) is 6.20. The third-order valence-corrected chi connectivity index (χ3v) is 3.85. The van der Waals surface area contributed by atoms with Crippen molar-refractivity contribution in [1.29, 1.82) is 0 Å². The lowest BCUT2D eigenvalue weighted by atomic mass is 9.95. The molecule has 4 nitrogen and oxygen atoms in total. The Balaban J connectivity index is 1.83. The van der Waals surface area contributed by atoms with Crippen LogP contribution < -0.4 is 10.6 Å². The Morgan fingerprint density at radius 2 is 2.05 bits per heavy atom. The fourth-order valence-electron chi connectivity index (χ4n) is 2.84. The molecule has 0 spiro atoms. The third-order valence-electron chi connectivity index (χ3n) is 3.85. The molecule has 0 aliphatic carbocycles. The highest BCUT2D eigenvalue weighted by Crippen LogP contribution is 2.25. The highest BCUT2D eigenvalue weighted by Gasteiger charge is 2.17. The molecule has 0 aromatic carbocycles. The Hall–Kier alpha value is -1.94. The van der Waals surface area contributed by atoms with Crippen LogP contribution in [0.2, 0.25) is 0 Å². The van der Waals surface area contributed by atoms with Gasteiger partial charge in [-0.1, -0.05) is 6.07 Å². The molecular formula is C17H22N4. The van der Waals surface area contributed by atoms with Crippen molar-refractivity contribution in [2.75, 3.05) is 18.4 Å². The van der Waals surface area contributed by atoms with Gasteiger partial charge < -0.3 is 10.6 Å². The first-order valence-corrected chi connectivity index (χ1v) is 7.61. The van der Waals surface area contributed by atoms with Crippen molar-refractivity contribution in [3.8, 4) is 0 Å². The number of rotatable bonds is 3. The van der Waals surface area contributed by atoms with Crippen LogP contribution in [0.5, 0.6) is 0 Å². The minimum atomic E-state index is 0.518. The van der Waals surface area contributed by atoms with Crippen LogP contribution in [0.25, 0.3) is 0 Å². The number of aryl methyl sites for hydroxylation is 2. The Morgan fingerprint density at radius 1 is 1.14 bits per heavy atom. The first-order valence-electron chi connectivity index (χ1n) is 7.61. The van der Waals surface area contributed by atoms with Crippen LogP contribution in [0.15, 0.2) is 30.3 Å². The normalized spacial score (nSPS) is 18.5. The number of aromatic nitrogens is 2. The molecule has 1 aliphatic rings. The van der Waals surface area contributed by atoms with Gasteiger partial charge in [-0.05, 0) is 57.5 Å². The predicted octanol–water partition coefficient (Wildman–Crippen LogP) is 3.30. The molecular weight excluding hydrogens is 260 g/mol. The van der Waals surface area contributed by atoms with Crippen LogP contribution in [-0.2, 0) is 0 Å². The molecule has 1 fully saturated rings. The molecule has 2 aromatic rings. The summed E-state index contributed by atoms with van der Waals surface area (Å²) in [6.07, 6.45) is 2.44. The number of hydrogen-bond donors (Lipinski definition) is 2. The summed E-state index contributed by atoms with van der Waals surface area (Å²) >= 11 is 0. The molecule has 1 saturated heterocycles. The summed E-state index contributed by atoms with van der Waals surface area (Å²) in [6, 6.07) is 10.2. The number of hydrogen-bond acceptors (Lipinski definition) is 4. The molecule has 4 heteroatoms. The molecule has 2 N–H and O–H groups in total. The molecule has 1 atom stereocenters. The molecule has 0 saturated carbocycles. The van der Waals surface area contributed by atoms with E-state index >= 15 is 0 Å². The summed E-state index contributed by atoms with van der Waals surface area (Å²) in [5.74, 6) is 1.40. The maximum absolute atomic E-state index is 4.72. The van der Waals surface area contributed by atoms with Crippen LogP contribution in [0.4, 0.5) is 11.5 Å². The average molecular weight is 282 g/mol. The van der Waals surface area contributed by atoms with E-state index in [-0.39, 0.29) is 0 Å². The first-order chi connectivity index (χ1) is 10.2. The first kappa shape index (κ1) is 14.0. The Morgan fingerprint density at radius 3 is 2.81 bits per heavy atom. The Kier molecular flexibility index (Phi) is 4.15. The van der Waals surface area contributed by atoms with E-state index in [9.17, 15) is 0 Å². The molecule has 3 rings (SSSR count). The molecule has 3 heterocycles. The maximum Gasteiger partial charge on any atom is 0.130 e. The van der Waals surface area contributed by atoms with E-state index in [1.807, 2.05) is 25.1 Å². The number of nitrogens with one attached hydrogen (secondary N) is 2. The summed E-state index contributed by atoms with van der Waals surface area (Å²) in [5, 5.41) is 6.85. The fourth-order valence-corrected chi connectivity index (χ4v) is 2.84. The van der Waals surface area contributed by atoms with E-state index in [1.165, 1.54) is 18.5 Å². The van der Waals surface area contributed by atoms with Crippen molar-refractivity contribution >= 4 is 11.5 Å². The van der Waals surface area contributed by atoms with Crippen molar-refractivity contribution in [1.82, 2.24) is 15.3 Å². The van der Waals surface area contributed by atoms with Crippen LogP contribution in [0.3, 0.4) is 0 Å². The lowest BCUT2D eigenvalue weighted by molar-refractivity contribution is 0.454. The van der Waals surface area contributed by atoms with E-state index < -0.39 is 0 Å². The van der Waals surface area contributed by atoms with Crippen molar-refractivity contribution < 1.29 is 0 Å². The molecule has 1 unspecified atom stereocenters. The van der Waals surface area contributed by atoms with Gasteiger partial charge in [0.05, 0.1) is 0 Å². The average Bonchev–Trinajstić information content (AvgIpc) is 2.47. The van der Waals surface area contributed by atoms with Gasteiger partial charge in [0.15, 0.2) is 0 Å². The van der Waals surface area contributed by atoms with Crippen LogP contribution in [0, 0.1) is 13.8 Å². The second kappa shape index (κ2) is 6.22. The predicted molar refractivity (Wildman–Crippen MR) is 86.1 cm³/mol. The second-order valence-corrected chi connectivity index (χ2v) is 5.75. The van der Waals surface area contributed by atoms with E-state index in [1.54, 1.807) is 0 Å². The minimum Gasteiger partial charge on any atom is -0.340 e. The van der Waals surface area contributed by atoms with Gasteiger partial charge in [-0.2, -0.15) is 0 Å². The zero-order chi connectivity index (χ0) is 14.7. The van der Waals surface area contributed by atoms with E-state index in [2.05, 4.69) is 34.7 Å². The van der Waals surface area contributed by atoms with Crippen LogP contribution in [0.1, 0.15) is 35.8 Å². The SMILES string of the molecule is Cc1cccc(Nc2cc(C)nc(C3CCCNC3)c2)n1. The fraction of sp³-hybridized carbons (Fsp3) is 0.412. The monoisotopic (exact) mass is 282 g/mol. The topological polar surface area (TPSA) is 49.8 Å². The summed E-state index contributed by atoms with van der Waals surface area (Å²) < 4.78 is 0. The van der Waals surface area contributed by atoms with Crippen molar-refractivity contribution in [2.45, 2.75) is 32.6 Å². The van der Waals surface area contributed by atoms with Gasteiger partial charge in [-0.25, -0.2) is 4.98 Å². The molecule has 0 amide bonds. The van der Waals surface area contributed by atoms with Gasteiger partial charge in [-0.15, -0.1) is 0 Å². The largest absolute Gasteiger partial charge is 0.340 e. The number of nitrogens with zero attached hydrogens (tertiary/aromatic N) is 2. The molecule has 0 bridgehead atoms. The molecule has 110 valence electrons. The summed E-state index contributed by atoms with van der Waals surface area (Å²) in [5.41, 5.74) is 4.31. The maximum atomic E-state index is 4.72. The van der Waals surface area contributed by atoms with Gasteiger partial charge in [-0.3, -0.25) is 4.98 Å². The molecule has 0 radical (unpaired) electrons.